The van der Waals surface area contributed by atoms with Crippen LogP contribution in [0.3, 0.4) is 0 Å². The number of hydrogen-bond donors (Lipinski definition) is 0. The van der Waals surface area contributed by atoms with Crippen LogP contribution >= 0.6 is 0 Å². The molecule has 0 saturated heterocycles. The monoisotopic (exact) mass is 312 g/mol. The molecule has 0 atom stereocenters. The maximum atomic E-state index is 12.1. The quantitative estimate of drug-likeness (QED) is 0.545. The molecule has 0 radical (unpaired) electrons. The van der Waals surface area contributed by atoms with Gasteiger partial charge < -0.3 is 13.6 Å². The summed E-state index contributed by atoms with van der Waals surface area (Å²) in [4.78, 5) is 23.8. The van der Waals surface area contributed by atoms with Crippen molar-refractivity contribution >= 4 is 16.9 Å². The minimum Gasteiger partial charge on any atom is -0.469 e. The first-order valence-electron chi connectivity index (χ1n) is 7.21. The molecule has 2 aromatic heterocycles. The maximum absolute atomic E-state index is 12.1. The van der Waals surface area contributed by atoms with Gasteiger partial charge in [-0.25, -0.2) is 9.59 Å². The zero-order chi connectivity index (χ0) is 16.6. The van der Waals surface area contributed by atoms with Crippen molar-refractivity contribution in [1.82, 2.24) is 0 Å². The van der Waals surface area contributed by atoms with Gasteiger partial charge in [0.05, 0.1) is 6.26 Å². The highest BCUT2D eigenvalue weighted by Crippen LogP contribution is 2.22. The molecule has 0 amide bonds. The van der Waals surface area contributed by atoms with Crippen LogP contribution in [0, 0.1) is 20.8 Å². The van der Waals surface area contributed by atoms with Crippen LogP contribution in [-0.2, 0) is 11.3 Å². The summed E-state index contributed by atoms with van der Waals surface area (Å²) in [5, 5.41) is 0.768. The molecule has 0 aliphatic rings. The van der Waals surface area contributed by atoms with E-state index in [9.17, 15) is 9.59 Å². The summed E-state index contributed by atoms with van der Waals surface area (Å²) in [6.45, 7) is 5.61. The van der Waals surface area contributed by atoms with Crippen LogP contribution in [0.4, 0.5) is 0 Å². The fourth-order valence-corrected chi connectivity index (χ4v) is 2.42. The lowest BCUT2D eigenvalue weighted by atomic mass is 10.0. The summed E-state index contributed by atoms with van der Waals surface area (Å²) in [5.41, 5.74) is 3.13. The topological polar surface area (TPSA) is 69.7 Å². The molecule has 0 unspecified atom stereocenters. The van der Waals surface area contributed by atoms with Crippen LogP contribution < -0.4 is 5.63 Å². The fourth-order valence-electron chi connectivity index (χ4n) is 2.42. The van der Waals surface area contributed by atoms with E-state index in [4.69, 9.17) is 13.6 Å². The minimum absolute atomic E-state index is 0.00590. The molecular formula is C18H16O5. The molecule has 0 N–H and O–H groups in total. The molecule has 0 saturated carbocycles. The predicted octanol–water partition coefficient (Wildman–Crippen LogP) is 3.67. The molecule has 23 heavy (non-hydrogen) atoms. The van der Waals surface area contributed by atoms with Gasteiger partial charge in [0, 0.05) is 17.0 Å². The van der Waals surface area contributed by atoms with Gasteiger partial charge in [-0.3, -0.25) is 0 Å². The Morgan fingerprint density at radius 3 is 2.57 bits per heavy atom. The molecule has 0 aliphatic heterocycles. The second-order valence-corrected chi connectivity index (χ2v) is 5.49. The number of ether oxygens (including phenoxy) is 1. The van der Waals surface area contributed by atoms with Crippen molar-refractivity contribution in [3.05, 3.63) is 69.0 Å². The normalized spacial score (nSPS) is 10.9. The Labute approximate surface area is 132 Å². The average Bonchev–Trinajstić information content (AvgIpc) is 2.92. The molecule has 0 aliphatic carbocycles. The second-order valence-electron chi connectivity index (χ2n) is 5.49. The summed E-state index contributed by atoms with van der Waals surface area (Å²) in [7, 11) is 0. The highest BCUT2D eigenvalue weighted by Gasteiger charge is 2.15. The van der Waals surface area contributed by atoms with Gasteiger partial charge in [0.25, 0.3) is 0 Å². The van der Waals surface area contributed by atoms with E-state index >= 15 is 0 Å². The molecule has 2 heterocycles. The number of aryl methyl sites for hydroxylation is 3. The van der Waals surface area contributed by atoms with Gasteiger partial charge in [0.2, 0.25) is 0 Å². The number of benzene rings is 1. The van der Waals surface area contributed by atoms with Crippen molar-refractivity contribution in [2.45, 2.75) is 27.4 Å². The van der Waals surface area contributed by atoms with Crippen LogP contribution in [0.25, 0.3) is 11.0 Å². The summed E-state index contributed by atoms with van der Waals surface area (Å²) in [5.74, 6) is 0.0142. The molecule has 1 aromatic carbocycles. The largest absolute Gasteiger partial charge is 0.469 e. The van der Waals surface area contributed by atoms with Gasteiger partial charge in [-0.05, 0) is 50.1 Å². The lowest BCUT2D eigenvalue weighted by Gasteiger charge is -2.09. The Morgan fingerprint density at radius 1 is 1.13 bits per heavy atom. The van der Waals surface area contributed by atoms with Gasteiger partial charge in [-0.15, -0.1) is 0 Å². The number of furan rings is 1. The van der Waals surface area contributed by atoms with E-state index in [1.54, 1.807) is 13.0 Å². The van der Waals surface area contributed by atoms with Gasteiger partial charge >= 0.3 is 11.6 Å². The predicted molar refractivity (Wildman–Crippen MR) is 84.5 cm³/mol. The van der Waals surface area contributed by atoms with Crippen molar-refractivity contribution in [1.29, 1.82) is 0 Å². The van der Waals surface area contributed by atoms with Crippen molar-refractivity contribution < 1.29 is 18.4 Å². The fraction of sp³-hybridized carbons (Fsp3) is 0.222. The molecule has 3 aromatic rings. The molecule has 5 heteroatoms. The number of carbonyl (C=O) groups excluding carboxylic acids is 1. The first-order chi connectivity index (χ1) is 11.0. The average molecular weight is 312 g/mol. The van der Waals surface area contributed by atoms with Crippen LogP contribution in [-0.4, -0.2) is 5.97 Å². The number of esters is 1. The highest BCUT2D eigenvalue weighted by molar-refractivity contribution is 5.90. The zero-order valence-corrected chi connectivity index (χ0v) is 13.1. The minimum atomic E-state index is -0.485. The van der Waals surface area contributed by atoms with E-state index in [1.807, 2.05) is 26.0 Å². The Morgan fingerprint density at radius 2 is 1.87 bits per heavy atom. The highest BCUT2D eigenvalue weighted by atomic mass is 16.5. The first kappa shape index (κ1) is 15.1. The van der Waals surface area contributed by atoms with Gasteiger partial charge in [0.15, 0.2) is 0 Å². The van der Waals surface area contributed by atoms with Gasteiger partial charge in [-0.1, -0.05) is 0 Å². The Kier molecular flexibility index (Phi) is 3.78. The lowest BCUT2D eigenvalue weighted by Crippen LogP contribution is -2.08. The first-order valence-corrected chi connectivity index (χ1v) is 7.21. The van der Waals surface area contributed by atoms with E-state index < -0.39 is 11.6 Å². The Hall–Kier alpha value is -2.82. The summed E-state index contributed by atoms with van der Waals surface area (Å²) >= 11 is 0. The van der Waals surface area contributed by atoms with Gasteiger partial charge in [0.1, 0.15) is 23.5 Å². The van der Waals surface area contributed by atoms with Crippen LogP contribution in [0.5, 0.6) is 0 Å². The molecule has 0 bridgehead atoms. The summed E-state index contributed by atoms with van der Waals surface area (Å²) in [6.07, 6.45) is 1.44. The van der Waals surface area contributed by atoms with Gasteiger partial charge in [-0.2, -0.15) is 0 Å². The summed E-state index contributed by atoms with van der Waals surface area (Å²) in [6, 6.07) is 6.66. The molecule has 3 rings (SSSR count). The van der Waals surface area contributed by atoms with E-state index in [2.05, 4.69) is 0 Å². The molecule has 0 spiro atoms. The van der Waals surface area contributed by atoms with Crippen molar-refractivity contribution in [2.75, 3.05) is 0 Å². The number of carbonyl (C=O) groups is 1. The molecule has 5 nitrogen and oxygen atoms in total. The second kappa shape index (κ2) is 5.76. The number of rotatable bonds is 3. The standard InChI is InChI=1S/C18H16O5/c1-10-6-15-13(8-17(19)23-16(15)7-11(10)2)9-22-18(20)14-4-5-21-12(14)3/h4-8H,9H2,1-3H3. The van der Waals surface area contributed by atoms with Crippen LogP contribution in [0.15, 0.2) is 44.2 Å². The summed E-state index contributed by atoms with van der Waals surface area (Å²) < 4.78 is 15.6. The third-order valence-electron chi connectivity index (χ3n) is 3.88. The zero-order valence-electron chi connectivity index (χ0n) is 13.1. The van der Waals surface area contributed by atoms with E-state index in [1.165, 1.54) is 12.3 Å². The SMILES string of the molecule is Cc1cc2oc(=O)cc(COC(=O)c3ccoc3C)c2cc1C. The third kappa shape index (κ3) is 2.90. The smallest absolute Gasteiger partial charge is 0.342 e. The maximum Gasteiger partial charge on any atom is 0.342 e. The van der Waals surface area contributed by atoms with Crippen molar-refractivity contribution in [3.8, 4) is 0 Å². The Balaban J connectivity index is 1.94. The van der Waals surface area contributed by atoms with Crippen molar-refractivity contribution in [3.63, 3.8) is 0 Å². The van der Waals surface area contributed by atoms with E-state index in [-0.39, 0.29) is 6.61 Å². The number of hydrogen-bond acceptors (Lipinski definition) is 5. The van der Waals surface area contributed by atoms with Crippen LogP contribution in [0.2, 0.25) is 0 Å². The molecular weight excluding hydrogens is 296 g/mol. The van der Waals surface area contributed by atoms with Crippen molar-refractivity contribution in [2.24, 2.45) is 0 Å². The van der Waals surface area contributed by atoms with E-state index in [0.29, 0.717) is 22.5 Å². The molecule has 0 fully saturated rings. The lowest BCUT2D eigenvalue weighted by molar-refractivity contribution is 0.0472. The third-order valence-corrected chi connectivity index (χ3v) is 3.88. The van der Waals surface area contributed by atoms with Crippen LogP contribution in [0.1, 0.15) is 32.8 Å². The molecule has 118 valence electrons. The van der Waals surface area contributed by atoms with E-state index in [0.717, 1.165) is 16.5 Å². The Bertz CT molecular complexity index is 946. The number of fused-ring (bicyclic) bond motifs is 1.